The molecule has 2 aliphatic heterocycles. The fraction of sp³-hybridized carbons (Fsp3) is 0.609. The van der Waals surface area contributed by atoms with Crippen molar-refractivity contribution in [3.63, 3.8) is 0 Å². The van der Waals surface area contributed by atoms with E-state index in [4.69, 9.17) is 19.2 Å². The Hall–Kier alpha value is -1.65. The van der Waals surface area contributed by atoms with Crippen molar-refractivity contribution in [2.24, 2.45) is 10.9 Å². The molecular formula is C23H30BrFN2O5S. The van der Waals surface area contributed by atoms with Crippen LogP contribution in [0.1, 0.15) is 54.0 Å². The lowest BCUT2D eigenvalue weighted by Gasteiger charge is -2.38. The molecule has 2 aliphatic rings. The number of rotatable bonds is 1. The molecule has 182 valence electrons. The number of nitrogens with zero attached hydrogens (tertiary/aromatic N) is 2. The van der Waals surface area contributed by atoms with Gasteiger partial charge in [-0.1, -0.05) is 27.7 Å². The third-order valence-corrected chi connectivity index (χ3v) is 6.72. The van der Waals surface area contributed by atoms with Gasteiger partial charge >= 0.3 is 12.2 Å². The molecule has 1 saturated heterocycles. The van der Waals surface area contributed by atoms with Crippen LogP contribution in [0.3, 0.4) is 0 Å². The number of hydrogen-bond donors (Lipinski definition) is 0. The van der Waals surface area contributed by atoms with Crippen molar-refractivity contribution >= 4 is 45.0 Å². The number of imide groups is 1. The highest BCUT2D eigenvalue weighted by Gasteiger charge is 2.54. The summed E-state index contributed by atoms with van der Waals surface area (Å²) in [6, 6.07) is 4.65. The lowest BCUT2D eigenvalue weighted by Crippen LogP contribution is -2.50. The van der Waals surface area contributed by atoms with E-state index in [9.17, 15) is 9.59 Å². The van der Waals surface area contributed by atoms with E-state index in [0.717, 1.165) is 4.90 Å². The highest BCUT2D eigenvalue weighted by Crippen LogP contribution is 2.49. The number of benzene rings is 1. The second kappa shape index (κ2) is 9.19. The van der Waals surface area contributed by atoms with Crippen LogP contribution in [-0.2, 0) is 19.7 Å². The van der Waals surface area contributed by atoms with Crippen LogP contribution in [0.2, 0.25) is 0 Å². The summed E-state index contributed by atoms with van der Waals surface area (Å²) in [5.74, 6) is -0.125. The number of aliphatic imine (C=N–C) groups is 1. The van der Waals surface area contributed by atoms with Gasteiger partial charge in [-0.15, -0.1) is 0 Å². The molecule has 2 heterocycles. The van der Waals surface area contributed by atoms with Crippen molar-refractivity contribution < 1.29 is 28.2 Å². The van der Waals surface area contributed by atoms with Crippen molar-refractivity contribution in [3.8, 4) is 0 Å². The van der Waals surface area contributed by atoms with Gasteiger partial charge in [0.2, 0.25) is 0 Å². The number of carbonyl (C=O) groups excluding carboxylic acids is 2. The zero-order valence-corrected chi connectivity index (χ0v) is 22.3. The van der Waals surface area contributed by atoms with E-state index in [2.05, 4.69) is 15.9 Å². The van der Waals surface area contributed by atoms with E-state index in [-0.39, 0.29) is 23.8 Å². The number of carbonyl (C=O) groups is 2. The predicted octanol–water partition coefficient (Wildman–Crippen LogP) is 6.09. The molecule has 7 nitrogen and oxygen atoms in total. The molecule has 1 fully saturated rings. The van der Waals surface area contributed by atoms with Crippen LogP contribution in [0.25, 0.3) is 0 Å². The fourth-order valence-electron chi connectivity index (χ4n) is 3.75. The first kappa shape index (κ1) is 26.0. The smallest absolute Gasteiger partial charge is 0.426 e. The first-order valence-corrected chi connectivity index (χ1v) is 12.5. The highest BCUT2D eigenvalue weighted by molar-refractivity contribution is 9.10. The molecule has 0 saturated carbocycles. The van der Waals surface area contributed by atoms with E-state index in [0.29, 0.717) is 15.8 Å². The minimum absolute atomic E-state index is 0.0897. The second-order valence-electron chi connectivity index (χ2n) is 10.2. The van der Waals surface area contributed by atoms with Gasteiger partial charge in [0.15, 0.2) is 5.17 Å². The summed E-state index contributed by atoms with van der Waals surface area (Å²) >= 11 is 4.63. The summed E-state index contributed by atoms with van der Waals surface area (Å²) in [5, 5.41) is 0.0897. The molecule has 0 unspecified atom stereocenters. The monoisotopic (exact) mass is 544 g/mol. The number of amides is 2. The Kier molecular flexibility index (Phi) is 7.23. The minimum atomic E-state index is -1.10. The van der Waals surface area contributed by atoms with E-state index >= 15 is 4.39 Å². The maximum absolute atomic E-state index is 15.1. The largest absolute Gasteiger partial charge is 0.443 e. The molecule has 0 radical (unpaired) electrons. The first-order chi connectivity index (χ1) is 15.1. The predicted molar refractivity (Wildman–Crippen MR) is 129 cm³/mol. The Morgan fingerprint density at radius 3 is 2.30 bits per heavy atom. The number of amidine groups is 1. The molecular weight excluding hydrogens is 515 g/mol. The third kappa shape index (κ3) is 5.71. The van der Waals surface area contributed by atoms with Crippen molar-refractivity contribution in [2.75, 3.05) is 12.4 Å². The van der Waals surface area contributed by atoms with Gasteiger partial charge in [-0.2, -0.15) is 4.90 Å². The van der Waals surface area contributed by atoms with Gasteiger partial charge in [-0.05, 0) is 66.7 Å². The minimum Gasteiger partial charge on any atom is -0.443 e. The summed E-state index contributed by atoms with van der Waals surface area (Å²) in [5.41, 5.74) is -2.45. The number of hydrogen-bond acceptors (Lipinski definition) is 7. The van der Waals surface area contributed by atoms with Crippen LogP contribution in [0.5, 0.6) is 0 Å². The lowest BCUT2D eigenvalue weighted by atomic mass is 9.79. The summed E-state index contributed by atoms with van der Waals surface area (Å²) in [6.07, 6.45) is -1.99. The number of halogens is 2. The third-order valence-electron chi connectivity index (χ3n) is 5.17. The Labute approximate surface area is 206 Å². The maximum atomic E-state index is 15.1. The topological polar surface area (TPSA) is 77.4 Å². The van der Waals surface area contributed by atoms with Crippen molar-refractivity contribution in [1.82, 2.24) is 4.90 Å². The van der Waals surface area contributed by atoms with Gasteiger partial charge in [-0.25, -0.2) is 19.0 Å². The standard InChI is InChI=1S/C23H30BrFN2O5S/c1-13-16-11-33-18(26-23(16,12-30-13)15-10-14(24)8-9-17(15)25)27(19(28)31-21(2,3)4)20(29)32-22(5,6)7/h8-10,13,16H,11-12H2,1-7H3/t13-,16-,23-/m1/s1. The van der Waals surface area contributed by atoms with Crippen LogP contribution in [0.15, 0.2) is 27.7 Å². The number of thioether (sulfide) groups is 1. The molecule has 0 bridgehead atoms. The van der Waals surface area contributed by atoms with Crippen LogP contribution >= 0.6 is 27.7 Å². The van der Waals surface area contributed by atoms with Crippen molar-refractivity contribution in [2.45, 2.75) is 71.3 Å². The normalized spacial score (nSPS) is 25.2. The van der Waals surface area contributed by atoms with Gasteiger partial charge in [0.1, 0.15) is 22.6 Å². The molecule has 1 aromatic rings. The molecule has 3 atom stereocenters. The molecule has 2 amide bonds. The molecule has 0 N–H and O–H groups in total. The summed E-state index contributed by atoms with van der Waals surface area (Å²) in [4.78, 5) is 31.8. The zero-order chi connectivity index (χ0) is 24.8. The zero-order valence-electron chi connectivity index (χ0n) is 19.9. The number of ether oxygens (including phenoxy) is 3. The Balaban J connectivity index is 2.13. The van der Waals surface area contributed by atoms with Crippen LogP contribution in [-0.4, -0.2) is 51.9 Å². The quantitative estimate of drug-likeness (QED) is 0.425. The average Bonchev–Trinajstić information content (AvgIpc) is 2.98. The first-order valence-electron chi connectivity index (χ1n) is 10.7. The van der Waals surface area contributed by atoms with E-state index in [1.807, 2.05) is 6.92 Å². The van der Waals surface area contributed by atoms with E-state index in [1.54, 1.807) is 53.7 Å². The van der Waals surface area contributed by atoms with Gasteiger partial charge < -0.3 is 14.2 Å². The molecule has 0 spiro atoms. The molecule has 33 heavy (non-hydrogen) atoms. The van der Waals surface area contributed by atoms with E-state index in [1.165, 1.54) is 17.8 Å². The summed E-state index contributed by atoms with van der Waals surface area (Å²) < 4.78 is 32.6. The van der Waals surface area contributed by atoms with Gasteiger partial charge in [0.25, 0.3) is 0 Å². The lowest BCUT2D eigenvalue weighted by molar-refractivity contribution is 0.0150. The number of fused-ring (bicyclic) bond motifs is 1. The SMILES string of the molecule is C[C@H]1OC[C@]2(c3cc(Br)ccc3F)N=C(N(C(=O)OC(C)(C)C)C(=O)OC(C)(C)C)SC[C@H]12. The summed E-state index contributed by atoms with van der Waals surface area (Å²) in [6.45, 7) is 12.3. The van der Waals surface area contributed by atoms with E-state index < -0.39 is 34.7 Å². The second-order valence-corrected chi connectivity index (χ2v) is 12.1. The van der Waals surface area contributed by atoms with Crippen molar-refractivity contribution in [3.05, 3.63) is 34.1 Å². The van der Waals surface area contributed by atoms with Crippen molar-refractivity contribution in [1.29, 1.82) is 0 Å². The van der Waals surface area contributed by atoms with Crippen LogP contribution < -0.4 is 0 Å². The van der Waals surface area contributed by atoms with Gasteiger partial charge in [-0.3, -0.25) is 0 Å². The van der Waals surface area contributed by atoms with Gasteiger partial charge in [0.05, 0.1) is 12.7 Å². The molecule has 10 heteroatoms. The Morgan fingerprint density at radius 1 is 1.18 bits per heavy atom. The molecule has 1 aromatic carbocycles. The fourth-order valence-corrected chi connectivity index (χ4v) is 5.50. The summed E-state index contributed by atoms with van der Waals surface area (Å²) in [7, 11) is 0. The highest BCUT2D eigenvalue weighted by atomic mass is 79.9. The molecule has 3 rings (SSSR count). The molecule has 0 aliphatic carbocycles. The van der Waals surface area contributed by atoms with Gasteiger partial charge in [0, 0.05) is 21.7 Å². The van der Waals surface area contributed by atoms with Crippen LogP contribution in [0, 0.1) is 11.7 Å². The average molecular weight is 545 g/mol. The Bertz CT molecular complexity index is 947. The Morgan fingerprint density at radius 2 is 1.76 bits per heavy atom. The van der Waals surface area contributed by atoms with Crippen LogP contribution in [0.4, 0.5) is 14.0 Å². The molecule has 0 aromatic heterocycles. The maximum Gasteiger partial charge on any atom is 0.426 e.